The summed E-state index contributed by atoms with van der Waals surface area (Å²) < 4.78 is 43.4. The zero-order chi connectivity index (χ0) is 13.5. The molecule has 0 aliphatic carbocycles. The highest BCUT2D eigenvalue weighted by Gasteiger charge is 2.36. The van der Waals surface area contributed by atoms with Crippen molar-refractivity contribution < 1.29 is 22.7 Å². The van der Waals surface area contributed by atoms with E-state index in [2.05, 4.69) is 4.98 Å². The molecule has 0 atom stereocenters. The van der Waals surface area contributed by atoms with Crippen LogP contribution in [0.3, 0.4) is 0 Å². The molecular weight excluding hydrogens is 247 g/mol. The van der Waals surface area contributed by atoms with Crippen LogP contribution in [0, 0.1) is 6.92 Å². The molecule has 2 rings (SSSR count). The molecule has 3 nitrogen and oxygen atoms in total. The third-order valence-corrected chi connectivity index (χ3v) is 2.68. The molecule has 1 N–H and O–H groups in total. The van der Waals surface area contributed by atoms with Crippen LogP contribution in [0.1, 0.15) is 21.6 Å². The van der Waals surface area contributed by atoms with Gasteiger partial charge < -0.3 is 9.72 Å². The number of H-pyrrole nitrogens is 1. The fourth-order valence-electron chi connectivity index (χ4n) is 1.93. The molecule has 6 heteroatoms. The number of hydrogen-bond acceptors (Lipinski definition) is 2. The third-order valence-electron chi connectivity index (χ3n) is 2.68. The van der Waals surface area contributed by atoms with E-state index in [1.54, 1.807) is 13.0 Å². The zero-order valence-electron chi connectivity index (χ0n) is 9.68. The number of methoxy groups -OCH3 is 1. The normalized spacial score (nSPS) is 11.8. The average Bonchev–Trinajstić information content (AvgIpc) is 2.65. The van der Waals surface area contributed by atoms with Gasteiger partial charge in [0.2, 0.25) is 0 Å². The highest BCUT2D eigenvalue weighted by atomic mass is 19.4. The first-order chi connectivity index (χ1) is 8.38. The maximum atomic E-state index is 12.8. The monoisotopic (exact) mass is 257 g/mol. The Morgan fingerprint density at radius 1 is 1.33 bits per heavy atom. The van der Waals surface area contributed by atoms with Crippen LogP contribution >= 0.6 is 0 Å². The predicted octanol–water partition coefficient (Wildman–Crippen LogP) is 3.32. The van der Waals surface area contributed by atoms with Gasteiger partial charge in [-0.1, -0.05) is 0 Å². The van der Waals surface area contributed by atoms with Crippen molar-refractivity contribution in [2.45, 2.75) is 13.1 Å². The van der Waals surface area contributed by atoms with Crippen molar-refractivity contribution in [1.82, 2.24) is 4.98 Å². The predicted molar refractivity (Wildman–Crippen MR) is 60.0 cm³/mol. The molecule has 0 saturated carbocycles. The smallest absolute Gasteiger partial charge is 0.431 e. The first-order valence-electron chi connectivity index (χ1n) is 5.11. The van der Waals surface area contributed by atoms with Gasteiger partial charge in [-0.25, -0.2) is 0 Å². The molecule has 0 unspecified atom stereocenters. The summed E-state index contributed by atoms with van der Waals surface area (Å²) in [6.45, 7) is 1.72. The van der Waals surface area contributed by atoms with Crippen molar-refractivity contribution in [3.63, 3.8) is 0 Å². The van der Waals surface area contributed by atoms with Crippen molar-refractivity contribution >= 4 is 17.2 Å². The Labute approximate surface area is 101 Å². The molecule has 0 fully saturated rings. The van der Waals surface area contributed by atoms with E-state index in [0.29, 0.717) is 0 Å². The summed E-state index contributed by atoms with van der Waals surface area (Å²) in [5, 5.41) is 0.217. The lowest BCUT2D eigenvalue weighted by Gasteiger charge is -2.03. The number of aryl methyl sites for hydroxylation is 1. The van der Waals surface area contributed by atoms with Gasteiger partial charge in [0.05, 0.1) is 18.2 Å². The van der Waals surface area contributed by atoms with Crippen molar-refractivity contribution in [1.29, 1.82) is 0 Å². The number of aldehydes is 1. The van der Waals surface area contributed by atoms with E-state index < -0.39 is 11.9 Å². The Morgan fingerprint density at radius 2 is 2.00 bits per heavy atom. The average molecular weight is 257 g/mol. The Bertz CT molecular complexity index is 614. The number of aromatic nitrogens is 1. The van der Waals surface area contributed by atoms with Crippen LogP contribution in [0.4, 0.5) is 13.2 Å². The minimum absolute atomic E-state index is 0.178. The second kappa shape index (κ2) is 4.04. The van der Waals surface area contributed by atoms with Gasteiger partial charge in [-0.15, -0.1) is 0 Å². The number of benzene rings is 1. The SMILES string of the molecule is COc1cc(C)cc2c(C=O)c(C(F)(F)F)[nH]c12. The summed E-state index contributed by atoms with van der Waals surface area (Å²) in [7, 11) is 1.36. The number of halogens is 3. The van der Waals surface area contributed by atoms with Gasteiger partial charge in [0.15, 0.2) is 6.29 Å². The van der Waals surface area contributed by atoms with Crippen molar-refractivity contribution in [2.75, 3.05) is 7.11 Å². The number of nitrogens with one attached hydrogen (secondary N) is 1. The van der Waals surface area contributed by atoms with E-state index in [9.17, 15) is 18.0 Å². The quantitative estimate of drug-likeness (QED) is 0.838. The van der Waals surface area contributed by atoms with E-state index in [0.717, 1.165) is 5.56 Å². The minimum atomic E-state index is -4.60. The highest BCUT2D eigenvalue weighted by molar-refractivity contribution is 6.01. The molecule has 2 aromatic rings. The van der Waals surface area contributed by atoms with Crippen LogP contribution in [0.5, 0.6) is 5.75 Å². The van der Waals surface area contributed by atoms with E-state index in [4.69, 9.17) is 4.74 Å². The van der Waals surface area contributed by atoms with Gasteiger partial charge in [-0.05, 0) is 24.6 Å². The Balaban J connectivity index is 2.88. The molecule has 0 radical (unpaired) electrons. The van der Waals surface area contributed by atoms with E-state index in [1.165, 1.54) is 13.2 Å². The van der Waals surface area contributed by atoms with Gasteiger partial charge >= 0.3 is 6.18 Å². The van der Waals surface area contributed by atoms with E-state index in [-0.39, 0.29) is 28.5 Å². The van der Waals surface area contributed by atoms with Gasteiger partial charge in [0.1, 0.15) is 11.4 Å². The molecule has 96 valence electrons. The Morgan fingerprint density at radius 3 is 2.50 bits per heavy atom. The van der Waals surface area contributed by atoms with Crippen LogP contribution in [0.25, 0.3) is 10.9 Å². The lowest BCUT2D eigenvalue weighted by atomic mass is 10.1. The lowest BCUT2D eigenvalue weighted by Crippen LogP contribution is -2.08. The van der Waals surface area contributed by atoms with Crippen LogP contribution in [0.15, 0.2) is 12.1 Å². The number of hydrogen-bond donors (Lipinski definition) is 1. The summed E-state index contributed by atoms with van der Waals surface area (Å²) in [6, 6.07) is 3.13. The summed E-state index contributed by atoms with van der Waals surface area (Å²) in [4.78, 5) is 13.1. The molecule has 18 heavy (non-hydrogen) atoms. The largest absolute Gasteiger partial charge is 0.495 e. The second-order valence-corrected chi connectivity index (χ2v) is 3.92. The highest BCUT2D eigenvalue weighted by Crippen LogP contribution is 2.37. The van der Waals surface area contributed by atoms with Crippen molar-refractivity contribution in [2.24, 2.45) is 0 Å². The summed E-state index contributed by atoms with van der Waals surface area (Å²) >= 11 is 0. The molecule has 0 aliphatic heterocycles. The molecule has 1 heterocycles. The molecule has 0 spiro atoms. The van der Waals surface area contributed by atoms with Gasteiger partial charge in [0.25, 0.3) is 0 Å². The first-order valence-corrected chi connectivity index (χ1v) is 5.11. The molecule has 0 bridgehead atoms. The van der Waals surface area contributed by atoms with E-state index >= 15 is 0 Å². The second-order valence-electron chi connectivity index (χ2n) is 3.92. The Hall–Kier alpha value is -1.98. The maximum Gasteiger partial charge on any atom is 0.431 e. The number of aromatic amines is 1. The molecule has 0 aliphatic rings. The van der Waals surface area contributed by atoms with Crippen molar-refractivity contribution in [3.05, 3.63) is 29.0 Å². The van der Waals surface area contributed by atoms with Crippen LogP contribution in [0.2, 0.25) is 0 Å². The number of alkyl halides is 3. The standard InChI is InChI=1S/C12H10F3NO2/c1-6-3-7-8(5-17)11(12(13,14)15)16-10(7)9(4-6)18-2/h3-5,16H,1-2H3. The molecule has 1 aromatic heterocycles. The molecule has 0 amide bonds. The number of fused-ring (bicyclic) bond motifs is 1. The number of rotatable bonds is 2. The Kier molecular flexibility index (Phi) is 2.80. The molecule has 0 saturated heterocycles. The summed E-state index contributed by atoms with van der Waals surface area (Å²) in [5.74, 6) is 0.281. The number of carbonyl (C=O) groups excluding carboxylic acids is 1. The summed E-state index contributed by atoms with van der Waals surface area (Å²) in [5.41, 5.74) is -0.538. The van der Waals surface area contributed by atoms with Gasteiger partial charge in [-0.3, -0.25) is 4.79 Å². The fraction of sp³-hybridized carbons (Fsp3) is 0.250. The lowest BCUT2D eigenvalue weighted by molar-refractivity contribution is -0.140. The third kappa shape index (κ3) is 1.83. The first kappa shape index (κ1) is 12.5. The topological polar surface area (TPSA) is 42.1 Å². The maximum absolute atomic E-state index is 12.8. The fourth-order valence-corrected chi connectivity index (χ4v) is 1.93. The number of carbonyl (C=O) groups is 1. The molecular formula is C12H10F3NO2. The van der Waals surface area contributed by atoms with Crippen LogP contribution in [-0.4, -0.2) is 18.4 Å². The minimum Gasteiger partial charge on any atom is -0.495 e. The number of ether oxygens (including phenoxy) is 1. The van der Waals surface area contributed by atoms with Crippen molar-refractivity contribution in [3.8, 4) is 5.75 Å². The van der Waals surface area contributed by atoms with Gasteiger partial charge in [0, 0.05) is 5.39 Å². The van der Waals surface area contributed by atoms with Gasteiger partial charge in [-0.2, -0.15) is 13.2 Å². The van der Waals surface area contributed by atoms with Crippen LogP contribution in [-0.2, 0) is 6.18 Å². The van der Waals surface area contributed by atoms with E-state index in [1.807, 2.05) is 0 Å². The van der Waals surface area contributed by atoms with Crippen LogP contribution < -0.4 is 4.74 Å². The summed E-state index contributed by atoms with van der Waals surface area (Å²) in [6.07, 6.45) is -4.39. The zero-order valence-corrected chi connectivity index (χ0v) is 9.68. The molecule has 1 aromatic carbocycles.